The van der Waals surface area contributed by atoms with Crippen LogP contribution in [0.5, 0.6) is 0 Å². The Labute approximate surface area is 209 Å². The number of carbonyl (C=O) groups excluding carboxylic acids is 2. The number of carbonyl (C=O) groups is 2. The summed E-state index contributed by atoms with van der Waals surface area (Å²) in [4.78, 5) is 42.0. The quantitative estimate of drug-likeness (QED) is 0.446. The van der Waals surface area contributed by atoms with Crippen molar-refractivity contribution in [2.75, 3.05) is 37.6 Å². The zero-order valence-electron chi connectivity index (χ0n) is 20.0. The lowest BCUT2D eigenvalue weighted by atomic mass is 10.1. The number of imidazole rings is 1. The first-order valence-corrected chi connectivity index (χ1v) is 12.5. The van der Waals surface area contributed by atoms with Gasteiger partial charge in [0.1, 0.15) is 5.82 Å². The maximum atomic E-state index is 13.7. The van der Waals surface area contributed by atoms with Crippen molar-refractivity contribution in [2.24, 2.45) is 0 Å². The highest BCUT2D eigenvalue weighted by Crippen LogP contribution is 2.34. The fourth-order valence-electron chi connectivity index (χ4n) is 5.35. The lowest BCUT2D eigenvalue weighted by Crippen LogP contribution is -2.49. The molecule has 0 N–H and O–H groups in total. The fourth-order valence-corrected chi connectivity index (χ4v) is 5.35. The summed E-state index contributed by atoms with van der Waals surface area (Å²) >= 11 is 0. The van der Waals surface area contributed by atoms with Gasteiger partial charge in [0, 0.05) is 62.6 Å². The van der Waals surface area contributed by atoms with E-state index >= 15 is 0 Å². The Hall–Kier alpha value is -4.20. The molecule has 182 valence electrons. The summed E-state index contributed by atoms with van der Waals surface area (Å²) < 4.78 is 1.99. The van der Waals surface area contributed by atoms with E-state index < -0.39 is 0 Å². The van der Waals surface area contributed by atoms with Crippen molar-refractivity contribution < 1.29 is 9.59 Å². The first-order chi connectivity index (χ1) is 17.7. The Morgan fingerprint density at radius 3 is 2.33 bits per heavy atom. The third kappa shape index (κ3) is 3.98. The van der Waals surface area contributed by atoms with Crippen LogP contribution in [-0.4, -0.2) is 68.7 Å². The number of fused-ring (bicyclic) bond motifs is 1. The first-order valence-electron chi connectivity index (χ1n) is 12.5. The van der Waals surface area contributed by atoms with E-state index in [-0.39, 0.29) is 17.9 Å². The Morgan fingerprint density at radius 2 is 1.56 bits per heavy atom. The minimum Gasteiger partial charge on any atom is -0.368 e. The number of hydrogen-bond acceptors (Lipinski definition) is 5. The molecule has 0 aliphatic carbocycles. The second kappa shape index (κ2) is 9.45. The molecule has 2 fully saturated rings. The zero-order valence-corrected chi connectivity index (χ0v) is 20.0. The second-order valence-corrected chi connectivity index (χ2v) is 9.28. The van der Waals surface area contributed by atoms with Crippen LogP contribution < -0.4 is 4.90 Å². The van der Waals surface area contributed by atoms with E-state index in [4.69, 9.17) is 4.98 Å². The van der Waals surface area contributed by atoms with Crippen LogP contribution in [0.15, 0.2) is 79.3 Å². The van der Waals surface area contributed by atoms with Gasteiger partial charge < -0.3 is 19.1 Å². The van der Waals surface area contributed by atoms with Gasteiger partial charge in [0.2, 0.25) is 0 Å². The van der Waals surface area contributed by atoms with Crippen LogP contribution in [0.2, 0.25) is 0 Å². The number of pyridine rings is 2. The van der Waals surface area contributed by atoms with Gasteiger partial charge in [-0.25, -0.2) is 4.98 Å². The molecule has 6 rings (SSSR count). The van der Waals surface area contributed by atoms with Crippen molar-refractivity contribution in [1.82, 2.24) is 24.2 Å². The minimum absolute atomic E-state index is 0.00546. The molecule has 1 unspecified atom stereocenters. The van der Waals surface area contributed by atoms with Gasteiger partial charge in [-0.15, -0.1) is 0 Å². The number of nitrogens with zero attached hydrogens (tertiary/aromatic N) is 6. The molecule has 5 heterocycles. The van der Waals surface area contributed by atoms with Crippen LogP contribution in [0.25, 0.3) is 5.52 Å². The number of benzene rings is 1. The van der Waals surface area contributed by atoms with Gasteiger partial charge in [0.25, 0.3) is 11.8 Å². The van der Waals surface area contributed by atoms with Crippen molar-refractivity contribution in [1.29, 1.82) is 0 Å². The summed E-state index contributed by atoms with van der Waals surface area (Å²) in [6.07, 6.45) is 7.26. The second-order valence-electron chi connectivity index (χ2n) is 9.28. The summed E-state index contributed by atoms with van der Waals surface area (Å²) in [5.74, 6) is 0.704. The summed E-state index contributed by atoms with van der Waals surface area (Å²) in [5, 5.41) is 0. The molecule has 2 aliphatic rings. The number of amides is 2. The molecule has 2 amide bonds. The smallest absolute Gasteiger partial charge is 0.274 e. The number of piperazine rings is 1. The zero-order chi connectivity index (χ0) is 24.5. The molecule has 2 saturated heterocycles. The molecule has 0 bridgehead atoms. The maximum absolute atomic E-state index is 13.7. The van der Waals surface area contributed by atoms with Crippen LogP contribution >= 0.6 is 0 Å². The van der Waals surface area contributed by atoms with E-state index in [1.54, 1.807) is 12.4 Å². The van der Waals surface area contributed by atoms with E-state index in [1.165, 1.54) is 0 Å². The molecule has 1 atom stereocenters. The van der Waals surface area contributed by atoms with Gasteiger partial charge >= 0.3 is 0 Å². The Balaban J connectivity index is 1.27. The van der Waals surface area contributed by atoms with E-state index in [2.05, 4.69) is 9.88 Å². The van der Waals surface area contributed by atoms with Crippen LogP contribution in [0, 0.1) is 0 Å². The van der Waals surface area contributed by atoms with Gasteiger partial charge in [0.15, 0.2) is 5.69 Å². The van der Waals surface area contributed by atoms with Gasteiger partial charge in [-0.3, -0.25) is 14.6 Å². The molecule has 8 nitrogen and oxygen atoms in total. The normalized spacial score (nSPS) is 18.1. The number of anilines is 1. The summed E-state index contributed by atoms with van der Waals surface area (Å²) in [7, 11) is 0. The van der Waals surface area contributed by atoms with Crippen LogP contribution in [-0.2, 0) is 0 Å². The standard InChI is InChI=1S/C28H28N6O2/c35-27(21-7-2-1-3-8-21)34-16-6-10-24(34)26-30-25(23-9-4-5-15-33(23)26)28(36)32-19-17-31(18-20-32)22-11-13-29-14-12-22/h1-5,7-9,11-15,24H,6,10,16-20H2. The highest BCUT2D eigenvalue weighted by Gasteiger charge is 2.35. The van der Waals surface area contributed by atoms with Gasteiger partial charge in [-0.05, 0) is 49.2 Å². The predicted molar refractivity (Wildman–Crippen MR) is 137 cm³/mol. The molecule has 2 aliphatic heterocycles. The molecule has 1 aromatic carbocycles. The Morgan fingerprint density at radius 1 is 0.806 bits per heavy atom. The number of rotatable bonds is 4. The average molecular weight is 481 g/mol. The third-order valence-electron chi connectivity index (χ3n) is 7.21. The number of hydrogen-bond donors (Lipinski definition) is 0. The topological polar surface area (TPSA) is 74.1 Å². The molecule has 8 heteroatoms. The van der Waals surface area contributed by atoms with E-state index in [1.807, 2.05) is 81.1 Å². The highest BCUT2D eigenvalue weighted by atomic mass is 16.2. The van der Waals surface area contributed by atoms with E-state index in [0.29, 0.717) is 30.9 Å². The lowest BCUT2D eigenvalue weighted by molar-refractivity contribution is 0.0729. The Kier molecular flexibility index (Phi) is 5.85. The van der Waals surface area contributed by atoms with E-state index in [9.17, 15) is 9.59 Å². The minimum atomic E-state index is -0.169. The molecule has 4 aromatic rings. The molecule has 0 spiro atoms. The van der Waals surface area contributed by atoms with Crippen molar-refractivity contribution in [3.63, 3.8) is 0 Å². The lowest BCUT2D eigenvalue weighted by Gasteiger charge is -2.35. The van der Waals surface area contributed by atoms with Crippen LogP contribution in [0.3, 0.4) is 0 Å². The van der Waals surface area contributed by atoms with Gasteiger partial charge in [-0.2, -0.15) is 0 Å². The summed E-state index contributed by atoms with van der Waals surface area (Å²) in [6.45, 7) is 3.46. The van der Waals surface area contributed by atoms with Crippen molar-refractivity contribution in [3.8, 4) is 0 Å². The molecule has 0 radical (unpaired) electrons. The first kappa shape index (κ1) is 22.3. The SMILES string of the molecule is O=C(c1nc(C2CCCN2C(=O)c2ccccc2)n2ccccc12)N1CCN(c2ccncc2)CC1. The average Bonchev–Trinajstić information content (AvgIpc) is 3.58. The summed E-state index contributed by atoms with van der Waals surface area (Å²) in [5.41, 5.74) is 3.04. The maximum Gasteiger partial charge on any atom is 0.274 e. The Bertz CT molecular complexity index is 1380. The molecule has 3 aromatic heterocycles. The third-order valence-corrected chi connectivity index (χ3v) is 7.21. The fraction of sp³-hybridized carbons (Fsp3) is 0.286. The van der Waals surface area contributed by atoms with Crippen molar-refractivity contribution >= 4 is 23.0 Å². The predicted octanol–water partition coefficient (Wildman–Crippen LogP) is 3.67. The monoisotopic (exact) mass is 480 g/mol. The molecule has 0 saturated carbocycles. The molecule has 36 heavy (non-hydrogen) atoms. The van der Waals surface area contributed by atoms with Gasteiger partial charge in [0.05, 0.1) is 11.6 Å². The van der Waals surface area contributed by atoms with E-state index in [0.717, 1.165) is 43.0 Å². The molecular weight excluding hydrogens is 452 g/mol. The van der Waals surface area contributed by atoms with Crippen LogP contribution in [0.4, 0.5) is 5.69 Å². The van der Waals surface area contributed by atoms with Crippen molar-refractivity contribution in [2.45, 2.75) is 18.9 Å². The van der Waals surface area contributed by atoms with Gasteiger partial charge in [-0.1, -0.05) is 24.3 Å². The number of likely N-dealkylation sites (tertiary alicyclic amines) is 1. The largest absolute Gasteiger partial charge is 0.368 e. The summed E-state index contributed by atoms with van der Waals surface area (Å²) in [6, 6.07) is 19.0. The van der Waals surface area contributed by atoms with Crippen LogP contribution in [0.1, 0.15) is 45.6 Å². The number of aromatic nitrogens is 3. The highest BCUT2D eigenvalue weighted by molar-refractivity contribution is 5.99. The van der Waals surface area contributed by atoms with Crippen molar-refractivity contribution in [3.05, 3.63) is 96.3 Å². The molecular formula is C28H28N6O2.